The lowest BCUT2D eigenvalue weighted by Crippen LogP contribution is -2.23. The first kappa shape index (κ1) is 17.5. The number of furan rings is 1. The lowest BCUT2D eigenvalue weighted by atomic mass is 10.2. The number of benzene rings is 1. The molecule has 0 atom stereocenters. The van der Waals surface area contributed by atoms with Crippen LogP contribution in [0.4, 0.5) is 0 Å². The quantitative estimate of drug-likeness (QED) is 0.492. The van der Waals surface area contributed by atoms with Gasteiger partial charge < -0.3 is 14.1 Å². The Kier molecular flexibility index (Phi) is 5.07. The van der Waals surface area contributed by atoms with Crippen LogP contribution in [0, 0.1) is 0 Å². The van der Waals surface area contributed by atoms with E-state index in [0.29, 0.717) is 19.4 Å². The molecule has 27 heavy (non-hydrogen) atoms. The largest absolute Gasteiger partial charge is 0.461 e. The molecule has 4 rings (SSSR count). The van der Waals surface area contributed by atoms with E-state index < -0.39 is 0 Å². The van der Waals surface area contributed by atoms with Crippen molar-refractivity contribution in [1.82, 2.24) is 14.7 Å². The van der Waals surface area contributed by atoms with E-state index in [1.54, 1.807) is 0 Å². The highest BCUT2D eigenvalue weighted by molar-refractivity contribution is 9.10. The van der Waals surface area contributed by atoms with Crippen molar-refractivity contribution in [3.05, 3.63) is 82.9 Å². The fourth-order valence-corrected chi connectivity index (χ4v) is 3.24. The molecule has 0 bridgehead atoms. The van der Waals surface area contributed by atoms with Gasteiger partial charge in [0.1, 0.15) is 17.2 Å². The fourth-order valence-electron chi connectivity index (χ4n) is 2.89. The summed E-state index contributed by atoms with van der Waals surface area (Å²) < 4.78 is 8.75. The maximum absolute atomic E-state index is 12.1. The SMILES string of the molecule is O=C(CCc1ccc(-c2ccccc2)o1)NCc1cn2cc(Br)ccc2n1. The van der Waals surface area contributed by atoms with Gasteiger partial charge in [-0.05, 0) is 40.2 Å². The molecule has 0 aliphatic rings. The van der Waals surface area contributed by atoms with Crippen LogP contribution in [0.25, 0.3) is 17.0 Å². The Morgan fingerprint density at radius 1 is 1.07 bits per heavy atom. The molecule has 3 aromatic heterocycles. The van der Waals surface area contributed by atoms with E-state index >= 15 is 0 Å². The first-order valence-corrected chi connectivity index (χ1v) is 9.51. The molecular weight excluding hydrogens is 406 g/mol. The lowest BCUT2D eigenvalue weighted by Gasteiger charge is -2.02. The van der Waals surface area contributed by atoms with Crippen LogP contribution in [0.3, 0.4) is 0 Å². The van der Waals surface area contributed by atoms with Gasteiger partial charge in [0.15, 0.2) is 0 Å². The second kappa shape index (κ2) is 7.80. The summed E-state index contributed by atoms with van der Waals surface area (Å²) in [5, 5.41) is 2.92. The van der Waals surface area contributed by atoms with E-state index in [4.69, 9.17) is 4.42 Å². The van der Waals surface area contributed by atoms with Crippen molar-refractivity contribution < 1.29 is 9.21 Å². The minimum absolute atomic E-state index is 0.0223. The van der Waals surface area contributed by atoms with Gasteiger partial charge in [-0.3, -0.25) is 4.79 Å². The van der Waals surface area contributed by atoms with Crippen LogP contribution in [-0.4, -0.2) is 15.3 Å². The van der Waals surface area contributed by atoms with Gasteiger partial charge in [-0.1, -0.05) is 30.3 Å². The minimum Gasteiger partial charge on any atom is -0.461 e. The Balaban J connectivity index is 1.30. The lowest BCUT2D eigenvalue weighted by molar-refractivity contribution is -0.121. The molecule has 0 radical (unpaired) electrons. The highest BCUT2D eigenvalue weighted by Crippen LogP contribution is 2.22. The third kappa shape index (κ3) is 4.28. The topological polar surface area (TPSA) is 59.5 Å². The number of fused-ring (bicyclic) bond motifs is 1. The van der Waals surface area contributed by atoms with Gasteiger partial charge in [0, 0.05) is 35.3 Å². The van der Waals surface area contributed by atoms with Gasteiger partial charge >= 0.3 is 0 Å². The first-order chi connectivity index (χ1) is 13.2. The second-order valence-corrected chi connectivity index (χ2v) is 7.17. The normalized spacial score (nSPS) is 11.0. The summed E-state index contributed by atoms with van der Waals surface area (Å²) in [5.41, 5.74) is 2.71. The number of hydrogen-bond acceptors (Lipinski definition) is 3. The number of imidazole rings is 1. The Morgan fingerprint density at radius 3 is 2.78 bits per heavy atom. The number of nitrogens with zero attached hydrogens (tertiary/aromatic N) is 2. The van der Waals surface area contributed by atoms with Crippen LogP contribution in [0.15, 0.2) is 75.9 Å². The summed E-state index contributed by atoms with van der Waals surface area (Å²) in [6, 6.07) is 17.7. The first-order valence-electron chi connectivity index (χ1n) is 8.71. The zero-order valence-corrected chi connectivity index (χ0v) is 16.1. The molecule has 1 aromatic carbocycles. The number of amides is 1. The molecule has 0 unspecified atom stereocenters. The number of carbonyl (C=O) groups excluding carboxylic acids is 1. The van der Waals surface area contributed by atoms with E-state index in [1.807, 2.05) is 71.4 Å². The van der Waals surface area contributed by atoms with Crippen LogP contribution in [-0.2, 0) is 17.8 Å². The van der Waals surface area contributed by atoms with Crippen molar-refractivity contribution in [2.75, 3.05) is 0 Å². The van der Waals surface area contributed by atoms with Gasteiger partial charge in [-0.2, -0.15) is 0 Å². The van der Waals surface area contributed by atoms with E-state index in [-0.39, 0.29) is 5.91 Å². The standard InChI is InChI=1S/C21H18BrN3O2/c22-16-6-10-20-24-17(14-25(20)13-16)12-23-21(26)11-8-18-7-9-19(27-18)15-4-2-1-3-5-15/h1-7,9-10,13-14H,8,11-12H2,(H,23,26). The summed E-state index contributed by atoms with van der Waals surface area (Å²) in [6.07, 6.45) is 4.80. The van der Waals surface area contributed by atoms with Gasteiger partial charge in [-0.15, -0.1) is 0 Å². The number of carbonyl (C=O) groups is 1. The zero-order chi connectivity index (χ0) is 18.6. The Labute approximate surface area is 165 Å². The van der Waals surface area contributed by atoms with Crippen molar-refractivity contribution in [3.8, 4) is 11.3 Å². The number of halogens is 1. The van der Waals surface area contributed by atoms with Gasteiger partial charge in [0.25, 0.3) is 0 Å². The summed E-state index contributed by atoms with van der Waals surface area (Å²) in [4.78, 5) is 16.6. The van der Waals surface area contributed by atoms with Crippen LogP contribution in [0.1, 0.15) is 17.9 Å². The molecule has 0 saturated heterocycles. The zero-order valence-electron chi connectivity index (χ0n) is 14.6. The summed E-state index contributed by atoms with van der Waals surface area (Å²) >= 11 is 3.44. The Morgan fingerprint density at radius 2 is 1.93 bits per heavy atom. The average molecular weight is 424 g/mol. The van der Waals surface area contributed by atoms with E-state index in [1.165, 1.54) is 0 Å². The van der Waals surface area contributed by atoms with Crippen molar-refractivity contribution in [2.24, 2.45) is 0 Å². The summed E-state index contributed by atoms with van der Waals surface area (Å²) in [7, 11) is 0. The van der Waals surface area contributed by atoms with Gasteiger partial charge in [0.2, 0.25) is 5.91 Å². The molecule has 3 heterocycles. The molecule has 136 valence electrons. The smallest absolute Gasteiger partial charge is 0.220 e. The van der Waals surface area contributed by atoms with Crippen LogP contribution in [0.2, 0.25) is 0 Å². The molecule has 0 fully saturated rings. The molecule has 1 amide bonds. The molecular formula is C21H18BrN3O2. The van der Waals surface area contributed by atoms with E-state index in [0.717, 1.165) is 32.9 Å². The number of aryl methyl sites for hydroxylation is 1. The second-order valence-electron chi connectivity index (χ2n) is 6.25. The highest BCUT2D eigenvalue weighted by atomic mass is 79.9. The molecule has 0 spiro atoms. The number of pyridine rings is 1. The number of hydrogen-bond donors (Lipinski definition) is 1. The van der Waals surface area contributed by atoms with Gasteiger partial charge in [0.05, 0.1) is 12.2 Å². The van der Waals surface area contributed by atoms with E-state index in [2.05, 4.69) is 26.2 Å². The summed E-state index contributed by atoms with van der Waals surface area (Å²) in [5.74, 6) is 1.61. The van der Waals surface area contributed by atoms with Crippen molar-refractivity contribution >= 4 is 27.5 Å². The third-order valence-electron chi connectivity index (χ3n) is 4.25. The molecule has 6 heteroatoms. The average Bonchev–Trinajstić information content (AvgIpc) is 3.32. The summed E-state index contributed by atoms with van der Waals surface area (Å²) in [6.45, 7) is 0.408. The molecule has 0 aliphatic heterocycles. The van der Waals surface area contributed by atoms with Gasteiger partial charge in [-0.25, -0.2) is 4.98 Å². The molecule has 0 saturated carbocycles. The molecule has 0 aliphatic carbocycles. The minimum atomic E-state index is -0.0223. The Hall–Kier alpha value is -2.86. The fraction of sp³-hybridized carbons (Fsp3) is 0.143. The monoisotopic (exact) mass is 423 g/mol. The predicted molar refractivity (Wildman–Crippen MR) is 107 cm³/mol. The van der Waals surface area contributed by atoms with Crippen molar-refractivity contribution in [1.29, 1.82) is 0 Å². The number of rotatable bonds is 6. The van der Waals surface area contributed by atoms with Crippen LogP contribution < -0.4 is 5.32 Å². The molecule has 1 N–H and O–H groups in total. The van der Waals surface area contributed by atoms with Crippen molar-refractivity contribution in [2.45, 2.75) is 19.4 Å². The van der Waals surface area contributed by atoms with Crippen LogP contribution in [0.5, 0.6) is 0 Å². The maximum atomic E-state index is 12.1. The highest BCUT2D eigenvalue weighted by Gasteiger charge is 2.08. The van der Waals surface area contributed by atoms with Crippen molar-refractivity contribution in [3.63, 3.8) is 0 Å². The van der Waals surface area contributed by atoms with E-state index in [9.17, 15) is 4.79 Å². The third-order valence-corrected chi connectivity index (χ3v) is 4.72. The van der Waals surface area contributed by atoms with Crippen LogP contribution >= 0.6 is 15.9 Å². The number of nitrogens with one attached hydrogen (secondary N) is 1. The predicted octanol–water partition coefficient (Wildman–Crippen LogP) is 4.61. The molecule has 4 aromatic rings. The number of aromatic nitrogens is 2. The maximum Gasteiger partial charge on any atom is 0.220 e. The molecule has 5 nitrogen and oxygen atoms in total. The Bertz CT molecular complexity index is 1070.